The molecular weight excluding hydrogens is 361 g/mol. The van der Waals surface area contributed by atoms with Crippen molar-refractivity contribution in [2.75, 3.05) is 5.75 Å². The Balaban J connectivity index is 1.61. The Morgan fingerprint density at radius 1 is 1.22 bits per heavy atom. The number of rotatable bonds is 8. The summed E-state index contributed by atoms with van der Waals surface area (Å²) in [6.45, 7) is 4.22. The second-order valence-corrected chi connectivity index (χ2v) is 7.79. The Labute approximate surface area is 163 Å². The van der Waals surface area contributed by atoms with Crippen LogP contribution in [0, 0.1) is 11.7 Å². The first-order chi connectivity index (χ1) is 13.1. The highest BCUT2D eigenvalue weighted by atomic mass is 32.2. The molecule has 2 atom stereocenters. The lowest BCUT2D eigenvalue weighted by Crippen LogP contribution is -2.33. The van der Waals surface area contributed by atoms with Gasteiger partial charge in [-0.1, -0.05) is 32.4 Å². The number of nitrogens with one attached hydrogen (secondary N) is 2. The number of halogens is 1. The molecule has 27 heavy (non-hydrogen) atoms. The molecule has 0 aliphatic heterocycles. The predicted octanol–water partition coefficient (Wildman–Crippen LogP) is 5.09. The van der Waals surface area contributed by atoms with E-state index in [0.717, 1.165) is 28.2 Å². The van der Waals surface area contributed by atoms with Crippen molar-refractivity contribution in [1.29, 1.82) is 0 Å². The highest BCUT2D eigenvalue weighted by Crippen LogP contribution is 2.25. The van der Waals surface area contributed by atoms with Crippen LogP contribution in [0.2, 0.25) is 0 Å². The third-order valence-electron chi connectivity index (χ3n) is 4.64. The number of benzene rings is 2. The normalized spacial score (nSPS) is 13.4. The fraction of sp³-hybridized carbons (Fsp3) is 0.333. The minimum absolute atomic E-state index is 0.00429. The SMILES string of the molecule is CC[C@H](C)[C@@H](NC(=O)CCSc1ccc(F)cc1)c1nc2ccccc2[nH]1. The Morgan fingerprint density at radius 2 is 1.96 bits per heavy atom. The molecule has 0 radical (unpaired) electrons. The van der Waals surface area contributed by atoms with Gasteiger partial charge in [0.1, 0.15) is 11.6 Å². The number of hydrogen-bond donors (Lipinski definition) is 2. The number of amides is 1. The summed E-state index contributed by atoms with van der Waals surface area (Å²) < 4.78 is 12.9. The Hall–Kier alpha value is -2.34. The predicted molar refractivity (Wildman–Crippen MR) is 108 cm³/mol. The van der Waals surface area contributed by atoms with E-state index in [4.69, 9.17) is 0 Å². The number of H-pyrrole nitrogens is 1. The molecule has 1 amide bonds. The number of para-hydroxylation sites is 2. The number of aromatic amines is 1. The molecule has 1 aromatic heterocycles. The molecule has 0 bridgehead atoms. The summed E-state index contributed by atoms with van der Waals surface area (Å²) in [6, 6.07) is 14.1. The lowest BCUT2D eigenvalue weighted by atomic mass is 9.98. The first kappa shape index (κ1) is 19.4. The number of thioether (sulfide) groups is 1. The minimum Gasteiger partial charge on any atom is -0.346 e. The van der Waals surface area contributed by atoms with Crippen molar-refractivity contribution >= 4 is 28.7 Å². The second-order valence-electron chi connectivity index (χ2n) is 6.62. The maximum Gasteiger partial charge on any atom is 0.221 e. The van der Waals surface area contributed by atoms with Crippen molar-refractivity contribution < 1.29 is 9.18 Å². The van der Waals surface area contributed by atoms with Gasteiger partial charge in [0.25, 0.3) is 0 Å². The first-order valence-electron chi connectivity index (χ1n) is 9.19. The molecule has 142 valence electrons. The summed E-state index contributed by atoms with van der Waals surface area (Å²) in [5.41, 5.74) is 1.88. The summed E-state index contributed by atoms with van der Waals surface area (Å²) in [6.07, 6.45) is 1.33. The van der Waals surface area contributed by atoms with Crippen LogP contribution in [0.5, 0.6) is 0 Å². The van der Waals surface area contributed by atoms with Gasteiger partial charge in [0.05, 0.1) is 17.1 Å². The molecule has 0 aliphatic carbocycles. The van der Waals surface area contributed by atoms with E-state index in [-0.39, 0.29) is 23.7 Å². The summed E-state index contributed by atoms with van der Waals surface area (Å²) in [5, 5.41) is 3.13. The zero-order chi connectivity index (χ0) is 19.2. The molecule has 3 aromatic rings. The van der Waals surface area contributed by atoms with Gasteiger partial charge in [-0.25, -0.2) is 9.37 Å². The van der Waals surface area contributed by atoms with Crippen molar-refractivity contribution in [2.45, 2.75) is 37.6 Å². The highest BCUT2D eigenvalue weighted by molar-refractivity contribution is 7.99. The Bertz CT molecular complexity index is 861. The van der Waals surface area contributed by atoms with Gasteiger partial charge in [0, 0.05) is 17.1 Å². The maximum atomic E-state index is 12.9. The number of hydrogen-bond acceptors (Lipinski definition) is 3. The van der Waals surface area contributed by atoms with Crippen molar-refractivity contribution in [2.24, 2.45) is 5.92 Å². The molecule has 4 nitrogen and oxygen atoms in total. The van der Waals surface area contributed by atoms with Crippen LogP contribution in [0.4, 0.5) is 4.39 Å². The molecule has 2 N–H and O–H groups in total. The number of carbonyl (C=O) groups excluding carboxylic acids is 1. The number of fused-ring (bicyclic) bond motifs is 1. The van der Waals surface area contributed by atoms with E-state index < -0.39 is 0 Å². The molecule has 0 saturated carbocycles. The van der Waals surface area contributed by atoms with Crippen LogP contribution in [0.15, 0.2) is 53.4 Å². The number of aromatic nitrogens is 2. The van der Waals surface area contributed by atoms with Crippen molar-refractivity contribution in [3.05, 3.63) is 60.2 Å². The van der Waals surface area contributed by atoms with Crippen LogP contribution in [-0.4, -0.2) is 21.6 Å². The zero-order valence-electron chi connectivity index (χ0n) is 15.5. The van der Waals surface area contributed by atoms with Crippen LogP contribution >= 0.6 is 11.8 Å². The van der Waals surface area contributed by atoms with E-state index in [1.54, 1.807) is 23.9 Å². The smallest absolute Gasteiger partial charge is 0.221 e. The summed E-state index contributed by atoms with van der Waals surface area (Å²) in [5.74, 6) is 1.45. The zero-order valence-corrected chi connectivity index (χ0v) is 16.4. The van der Waals surface area contributed by atoms with Gasteiger partial charge in [-0.05, 0) is 42.3 Å². The van der Waals surface area contributed by atoms with Crippen LogP contribution in [0.1, 0.15) is 38.6 Å². The fourth-order valence-electron chi connectivity index (χ4n) is 2.87. The van der Waals surface area contributed by atoms with Crippen LogP contribution < -0.4 is 5.32 Å². The minimum atomic E-state index is -0.251. The average molecular weight is 386 g/mol. The van der Waals surface area contributed by atoms with Crippen molar-refractivity contribution in [1.82, 2.24) is 15.3 Å². The molecule has 2 aromatic carbocycles. The first-order valence-corrected chi connectivity index (χ1v) is 10.2. The highest BCUT2D eigenvalue weighted by Gasteiger charge is 2.23. The monoisotopic (exact) mass is 385 g/mol. The number of nitrogens with zero attached hydrogens (tertiary/aromatic N) is 1. The molecular formula is C21H24FN3OS. The quantitative estimate of drug-likeness (QED) is 0.531. The average Bonchev–Trinajstić information content (AvgIpc) is 3.11. The van der Waals surface area contributed by atoms with Gasteiger partial charge in [0.15, 0.2) is 0 Å². The van der Waals surface area contributed by atoms with Gasteiger partial charge in [0.2, 0.25) is 5.91 Å². The van der Waals surface area contributed by atoms with Crippen LogP contribution in [0.25, 0.3) is 11.0 Å². The topological polar surface area (TPSA) is 57.8 Å². The van der Waals surface area contributed by atoms with E-state index in [9.17, 15) is 9.18 Å². The van der Waals surface area contributed by atoms with Crippen molar-refractivity contribution in [3.63, 3.8) is 0 Å². The third-order valence-corrected chi connectivity index (χ3v) is 5.66. The number of carbonyl (C=O) groups is 1. The summed E-state index contributed by atoms with van der Waals surface area (Å²) >= 11 is 1.55. The largest absolute Gasteiger partial charge is 0.346 e. The summed E-state index contributed by atoms with van der Waals surface area (Å²) in [4.78, 5) is 21.4. The molecule has 1 heterocycles. The van der Waals surface area contributed by atoms with Gasteiger partial charge in [-0.3, -0.25) is 4.79 Å². The van der Waals surface area contributed by atoms with Crippen molar-refractivity contribution in [3.8, 4) is 0 Å². The molecule has 0 unspecified atom stereocenters. The van der Waals surface area contributed by atoms with E-state index >= 15 is 0 Å². The second kappa shape index (κ2) is 9.04. The Morgan fingerprint density at radius 3 is 2.67 bits per heavy atom. The van der Waals surface area contributed by atoms with E-state index in [2.05, 4.69) is 29.1 Å². The Kier molecular flexibility index (Phi) is 6.50. The standard InChI is InChI=1S/C21H24FN3OS/c1-3-14(2)20(21-23-17-6-4-5-7-18(17)24-21)25-19(26)12-13-27-16-10-8-15(22)9-11-16/h4-11,14,20H,3,12-13H2,1-2H3,(H,23,24)(H,25,26)/t14-,20+/m0/s1. The van der Waals surface area contributed by atoms with Crippen LogP contribution in [0.3, 0.4) is 0 Å². The molecule has 6 heteroatoms. The third kappa shape index (κ3) is 5.10. The molecule has 0 saturated heterocycles. The lowest BCUT2D eigenvalue weighted by molar-refractivity contribution is -0.121. The maximum absolute atomic E-state index is 12.9. The molecule has 0 fully saturated rings. The van der Waals surface area contributed by atoms with Gasteiger partial charge in [-0.2, -0.15) is 0 Å². The van der Waals surface area contributed by atoms with Gasteiger partial charge >= 0.3 is 0 Å². The molecule has 0 aliphatic rings. The summed E-state index contributed by atoms with van der Waals surface area (Å²) in [7, 11) is 0. The number of imidazole rings is 1. The van der Waals surface area contributed by atoms with Crippen LogP contribution in [-0.2, 0) is 4.79 Å². The molecule has 3 rings (SSSR count). The van der Waals surface area contributed by atoms with Gasteiger partial charge in [-0.15, -0.1) is 11.8 Å². The van der Waals surface area contributed by atoms with E-state index in [1.807, 2.05) is 24.3 Å². The van der Waals surface area contributed by atoms with E-state index in [1.165, 1.54) is 12.1 Å². The van der Waals surface area contributed by atoms with E-state index in [0.29, 0.717) is 12.2 Å². The molecule has 0 spiro atoms. The lowest BCUT2D eigenvalue weighted by Gasteiger charge is -2.22. The fourth-order valence-corrected chi connectivity index (χ4v) is 3.73. The van der Waals surface area contributed by atoms with Gasteiger partial charge < -0.3 is 10.3 Å².